The van der Waals surface area contributed by atoms with Gasteiger partial charge in [-0.15, -0.1) is 11.3 Å². The average molecular weight is 294 g/mol. The summed E-state index contributed by atoms with van der Waals surface area (Å²) in [6.07, 6.45) is 4.53. The van der Waals surface area contributed by atoms with Crippen molar-refractivity contribution < 1.29 is 0 Å². The number of fused-ring (bicyclic) bond motifs is 1. The van der Waals surface area contributed by atoms with Crippen LogP contribution in [0.15, 0.2) is 17.1 Å². The minimum Gasteiger partial charge on any atom is -0.241 e. The maximum Gasteiger partial charge on any atom is 0.0969 e. The molecule has 16 heavy (non-hydrogen) atoms. The summed E-state index contributed by atoms with van der Waals surface area (Å²) in [6, 6.07) is 2.17. The molecular formula is C13H12BrNS. The fourth-order valence-electron chi connectivity index (χ4n) is 1.94. The molecule has 0 radical (unpaired) electrons. The molecule has 0 amide bonds. The molecule has 3 rings (SSSR count). The third-order valence-corrected chi connectivity index (χ3v) is 5.35. The summed E-state index contributed by atoms with van der Waals surface area (Å²) in [5, 5.41) is 1.30. The summed E-state index contributed by atoms with van der Waals surface area (Å²) >= 11 is 5.50. The van der Waals surface area contributed by atoms with Crippen LogP contribution in [0.5, 0.6) is 0 Å². The van der Waals surface area contributed by atoms with Gasteiger partial charge in [0, 0.05) is 10.4 Å². The topological polar surface area (TPSA) is 12.9 Å². The Morgan fingerprint density at radius 3 is 2.94 bits per heavy atom. The van der Waals surface area contributed by atoms with Crippen molar-refractivity contribution in [2.24, 2.45) is 0 Å². The van der Waals surface area contributed by atoms with Gasteiger partial charge >= 0.3 is 0 Å². The Hall–Kier alpha value is -0.670. The minimum atomic E-state index is 0.733. The highest BCUT2D eigenvalue weighted by molar-refractivity contribution is 9.10. The van der Waals surface area contributed by atoms with E-state index in [1.54, 1.807) is 0 Å². The fraction of sp³-hybridized carbons (Fsp3) is 0.308. The van der Waals surface area contributed by atoms with Crippen LogP contribution in [0.3, 0.4) is 0 Å². The minimum absolute atomic E-state index is 0.733. The van der Waals surface area contributed by atoms with Gasteiger partial charge < -0.3 is 0 Å². The van der Waals surface area contributed by atoms with Gasteiger partial charge in [0.1, 0.15) is 0 Å². The average Bonchev–Trinajstić information content (AvgIpc) is 3.00. The van der Waals surface area contributed by atoms with E-state index in [0.717, 1.165) is 15.9 Å². The lowest BCUT2D eigenvalue weighted by Crippen LogP contribution is -1.83. The van der Waals surface area contributed by atoms with E-state index in [2.05, 4.69) is 35.5 Å². The van der Waals surface area contributed by atoms with E-state index in [1.807, 2.05) is 17.4 Å². The second kappa shape index (κ2) is 3.67. The number of halogens is 1. The smallest absolute Gasteiger partial charge is 0.0969 e. The van der Waals surface area contributed by atoms with Gasteiger partial charge in [-0.2, -0.15) is 0 Å². The molecule has 1 nitrogen and oxygen atoms in total. The number of nitrogens with zero attached hydrogens (tertiary/aromatic N) is 1. The van der Waals surface area contributed by atoms with Crippen molar-refractivity contribution in [1.29, 1.82) is 0 Å². The lowest BCUT2D eigenvalue weighted by Gasteiger charge is -2.03. The maximum atomic E-state index is 4.73. The SMILES string of the molecule is C=Cc1c(C)cc2nc(C3CC3)sc2c1Br. The van der Waals surface area contributed by atoms with Crippen molar-refractivity contribution in [2.45, 2.75) is 25.7 Å². The molecule has 1 aliphatic rings. The third-order valence-electron chi connectivity index (χ3n) is 3.01. The van der Waals surface area contributed by atoms with Crippen molar-refractivity contribution in [2.75, 3.05) is 0 Å². The molecule has 0 atom stereocenters. The number of aromatic nitrogens is 1. The molecule has 1 heterocycles. The molecule has 0 spiro atoms. The van der Waals surface area contributed by atoms with Gasteiger partial charge in [0.15, 0.2) is 0 Å². The third kappa shape index (κ3) is 1.54. The second-order valence-electron chi connectivity index (χ2n) is 4.30. The summed E-state index contributed by atoms with van der Waals surface area (Å²) in [5.74, 6) is 0.733. The van der Waals surface area contributed by atoms with Crippen LogP contribution >= 0.6 is 27.3 Å². The molecule has 1 fully saturated rings. The highest BCUT2D eigenvalue weighted by Gasteiger charge is 2.27. The van der Waals surface area contributed by atoms with Crippen LogP contribution in [-0.4, -0.2) is 4.98 Å². The second-order valence-corrected chi connectivity index (χ2v) is 6.12. The highest BCUT2D eigenvalue weighted by Crippen LogP contribution is 2.45. The molecule has 3 heteroatoms. The Balaban J connectivity index is 2.29. The Kier molecular flexibility index (Phi) is 2.41. The predicted molar refractivity (Wildman–Crippen MR) is 74.1 cm³/mol. The van der Waals surface area contributed by atoms with Crippen LogP contribution in [0, 0.1) is 6.92 Å². The normalized spacial score (nSPS) is 15.6. The summed E-state index contributed by atoms with van der Waals surface area (Å²) in [4.78, 5) is 4.73. The number of hydrogen-bond acceptors (Lipinski definition) is 2. The molecule has 1 saturated carbocycles. The molecule has 0 unspecified atom stereocenters. The molecule has 0 N–H and O–H groups in total. The monoisotopic (exact) mass is 293 g/mol. The summed E-state index contributed by atoms with van der Waals surface area (Å²) in [6.45, 7) is 5.98. The number of benzene rings is 1. The van der Waals surface area contributed by atoms with Crippen LogP contribution in [0.4, 0.5) is 0 Å². The van der Waals surface area contributed by atoms with E-state index in [-0.39, 0.29) is 0 Å². The van der Waals surface area contributed by atoms with Gasteiger partial charge in [-0.3, -0.25) is 0 Å². The van der Waals surface area contributed by atoms with Crippen molar-refractivity contribution in [1.82, 2.24) is 4.98 Å². The lowest BCUT2D eigenvalue weighted by molar-refractivity contribution is 1.10. The van der Waals surface area contributed by atoms with Gasteiger partial charge in [0.2, 0.25) is 0 Å². The van der Waals surface area contributed by atoms with Gasteiger partial charge in [-0.05, 0) is 52.9 Å². The fourth-order valence-corrected chi connectivity index (χ4v) is 4.02. The molecule has 0 aliphatic heterocycles. The van der Waals surface area contributed by atoms with Gasteiger partial charge in [0.25, 0.3) is 0 Å². The number of thiazole rings is 1. The number of rotatable bonds is 2. The van der Waals surface area contributed by atoms with E-state index in [9.17, 15) is 0 Å². The Bertz CT molecular complexity index is 581. The van der Waals surface area contributed by atoms with Crippen molar-refractivity contribution in [3.05, 3.63) is 33.3 Å². The van der Waals surface area contributed by atoms with Crippen LogP contribution in [-0.2, 0) is 0 Å². The number of aryl methyl sites for hydroxylation is 1. The Labute approximate surface area is 107 Å². The van der Waals surface area contributed by atoms with Gasteiger partial charge in [-0.1, -0.05) is 12.7 Å². The first-order valence-corrected chi connectivity index (χ1v) is 7.03. The van der Waals surface area contributed by atoms with Crippen molar-refractivity contribution in [3.8, 4) is 0 Å². The molecule has 2 aromatic rings. The Morgan fingerprint density at radius 2 is 2.31 bits per heavy atom. The van der Waals surface area contributed by atoms with E-state index >= 15 is 0 Å². The van der Waals surface area contributed by atoms with Crippen molar-refractivity contribution in [3.63, 3.8) is 0 Å². The van der Waals surface area contributed by atoms with Crippen LogP contribution < -0.4 is 0 Å². The quantitative estimate of drug-likeness (QED) is 0.768. The molecule has 0 saturated heterocycles. The first kappa shape index (κ1) is 10.5. The van der Waals surface area contributed by atoms with E-state index in [4.69, 9.17) is 4.98 Å². The zero-order valence-corrected chi connectivity index (χ0v) is 11.5. The standard InChI is InChI=1S/C13H12BrNS/c1-3-9-7(2)6-10-12(11(9)14)16-13(15-10)8-4-5-8/h3,6,8H,1,4-5H2,2H3. The first-order valence-electron chi connectivity index (χ1n) is 5.42. The first-order chi connectivity index (χ1) is 7.70. The van der Waals surface area contributed by atoms with E-state index < -0.39 is 0 Å². The van der Waals surface area contributed by atoms with E-state index in [0.29, 0.717) is 0 Å². The molecular weight excluding hydrogens is 282 g/mol. The molecule has 1 aromatic carbocycles. The summed E-state index contributed by atoms with van der Waals surface area (Å²) < 4.78 is 2.42. The zero-order chi connectivity index (χ0) is 11.3. The number of hydrogen-bond donors (Lipinski definition) is 0. The molecule has 1 aromatic heterocycles. The molecule has 1 aliphatic carbocycles. The summed E-state index contributed by atoms with van der Waals surface area (Å²) in [7, 11) is 0. The van der Waals surface area contributed by atoms with E-state index in [1.165, 1.54) is 33.7 Å². The van der Waals surface area contributed by atoms with Gasteiger partial charge in [-0.25, -0.2) is 4.98 Å². The predicted octanol–water partition coefficient (Wildman–Crippen LogP) is 4.89. The van der Waals surface area contributed by atoms with Crippen LogP contribution in [0.2, 0.25) is 0 Å². The van der Waals surface area contributed by atoms with Gasteiger partial charge in [0.05, 0.1) is 15.2 Å². The maximum absolute atomic E-state index is 4.73. The molecule has 82 valence electrons. The highest BCUT2D eigenvalue weighted by atomic mass is 79.9. The lowest BCUT2D eigenvalue weighted by atomic mass is 10.1. The largest absolute Gasteiger partial charge is 0.241 e. The van der Waals surface area contributed by atoms with Crippen LogP contribution in [0.1, 0.15) is 34.9 Å². The van der Waals surface area contributed by atoms with Crippen LogP contribution in [0.25, 0.3) is 16.3 Å². The zero-order valence-electron chi connectivity index (χ0n) is 9.09. The molecule has 0 bridgehead atoms. The summed E-state index contributed by atoms with van der Waals surface area (Å²) in [5.41, 5.74) is 3.56. The van der Waals surface area contributed by atoms with Crippen molar-refractivity contribution >= 4 is 43.6 Å². The Morgan fingerprint density at radius 1 is 1.56 bits per heavy atom.